The van der Waals surface area contributed by atoms with Gasteiger partial charge in [-0.3, -0.25) is 4.79 Å². The lowest BCUT2D eigenvalue weighted by Crippen LogP contribution is -2.45. The van der Waals surface area contributed by atoms with E-state index in [2.05, 4.69) is 15.3 Å². The molecule has 0 spiro atoms. The first-order chi connectivity index (χ1) is 12.0. The van der Waals surface area contributed by atoms with Crippen molar-refractivity contribution >= 4 is 11.7 Å². The fourth-order valence-corrected chi connectivity index (χ4v) is 3.02. The zero-order valence-electron chi connectivity index (χ0n) is 14.2. The Bertz CT molecular complexity index is 733. The number of aromatic nitrogens is 3. The molecule has 134 valence electrons. The van der Waals surface area contributed by atoms with Gasteiger partial charge in [-0.05, 0) is 18.6 Å². The summed E-state index contributed by atoms with van der Waals surface area (Å²) in [6, 6.07) is 2.93. The van der Waals surface area contributed by atoms with Crippen LogP contribution in [0.1, 0.15) is 19.2 Å². The number of hydrogen-bond donors (Lipinski definition) is 2. The molecule has 1 aliphatic heterocycles. The van der Waals surface area contributed by atoms with Gasteiger partial charge in [-0.25, -0.2) is 14.4 Å². The van der Waals surface area contributed by atoms with Gasteiger partial charge in [0.25, 0.3) is 0 Å². The number of hydrogen-bond acceptors (Lipinski definition) is 5. The molecule has 25 heavy (non-hydrogen) atoms. The molecular weight excluding hydrogens is 325 g/mol. The van der Waals surface area contributed by atoms with E-state index in [4.69, 9.17) is 0 Å². The van der Waals surface area contributed by atoms with Crippen LogP contribution in [0.2, 0.25) is 0 Å². The highest BCUT2D eigenvalue weighted by Crippen LogP contribution is 2.25. The van der Waals surface area contributed by atoms with E-state index in [0.717, 1.165) is 18.4 Å². The Kier molecular flexibility index (Phi) is 4.98. The molecule has 0 aliphatic carbocycles. The number of carbonyl (C=O) groups excluding carboxylic acids is 1. The number of aryl methyl sites for hydroxylation is 1. The normalized spacial score (nSPS) is 20.0. The molecule has 3 rings (SSSR count). The highest BCUT2D eigenvalue weighted by Gasteiger charge is 2.36. The Morgan fingerprint density at radius 1 is 1.44 bits per heavy atom. The molecule has 0 unspecified atom stereocenters. The average Bonchev–Trinajstić information content (AvgIpc) is 3.21. The van der Waals surface area contributed by atoms with E-state index in [9.17, 15) is 14.3 Å². The largest absolute Gasteiger partial charge is 0.386 e. The molecule has 2 aromatic rings. The fraction of sp³-hybridized carbons (Fsp3) is 0.471. The summed E-state index contributed by atoms with van der Waals surface area (Å²) in [6.07, 6.45) is 5.86. The lowest BCUT2D eigenvalue weighted by molar-refractivity contribution is -0.122. The third-order valence-electron chi connectivity index (χ3n) is 4.41. The van der Waals surface area contributed by atoms with Gasteiger partial charge in [0.2, 0.25) is 5.91 Å². The van der Waals surface area contributed by atoms with Crippen molar-refractivity contribution < 1.29 is 14.3 Å². The van der Waals surface area contributed by atoms with Crippen LogP contribution in [-0.2, 0) is 17.8 Å². The molecular formula is C17H22FN5O2. The number of imidazole rings is 1. The summed E-state index contributed by atoms with van der Waals surface area (Å²) in [7, 11) is 0. The van der Waals surface area contributed by atoms with Gasteiger partial charge in [0, 0.05) is 38.4 Å². The molecule has 3 heterocycles. The number of aliphatic hydroxyl groups is 1. The average molecular weight is 347 g/mol. The molecule has 2 aromatic heterocycles. The van der Waals surface area contributed by atoms with Crippen LogP contribution in [0, 0.1) is 5.82 Å². The molecule has 0 radical (unpaired) electrons. The van der Waals surface area contributed by atoms with Crippen molar-refractivity contribution in [2.45, 2.75) is 31.9 Å². The zero-order valence-corrected chi connectivity index (χ0v) is 14.2. The van der Waals surface area contributed by atoms with Gasteiger partial charge in [0.15, 0.2) is 0 Å². The summed E-state index contributed by atoms with van der Waals surface area (Å²) in [5.41, 5.74) is -1.02. The van der Waals surface area contributed by atoms with Crippen LogP contribution < -0.4 is 10.2 Å². The summed E-state index contributed by atoms with van der Waals surface area (Å²) >= 11 is 0. The van der Waals surface area contributed by atoms with E-state index in [1.165, 1.54) is 6.07 Å². The summed E-state index contributed by atoms with van der Waals surface area (Å²) in [4.78, 5) is 22.2. The molecule has 1 fully saturated rings. The molecule has 1 aliphatic rings. The first kappa shape index (κ1) is 17.3. The van der Waals surface area contributed by atoms with Crippen molar-refractivity contribution in [2.24, 2.45) is 0 Å². The van der Waals surface area contributed by atoms with E-state index in [1.807, 2.05) is 11.8 Å². The number of halogens is 1. The second-order valence-corrected chi connectivity index (χ2v) is 6.33. The predicted octanol–water partition coefficient (Wildman–Crippen LogP) is 0.737. The Labute approximate surface area is 145 Å². The number of carbonyl (C=O) groups is 1. The zero-order chi connectivity index (χ0) is 17.9. The van der Waals surface area contributed by atoms with Crippen LogP contribution in [0.25, 0.3) is 0 Å². The third-order valence-corrected chi connectivity index (χ3v) is 4.41. The minimum Gasteiger partial charge on any atom is -0.386 e. The maximum absolute atomic E-state index is 13.0. The van der Waals surface area contributed by atoms with Crippen LogP contribution >= 0.6 is 0 Å². The molecule has 0 aromatic carbocycles. The minimum absolute atomic E-state index is 0.166. The van der Waals surface area contributed by atoms with Gasteiger partial charge >= 0.3 is 0 Å². The van der Waals surface area contributed by atoms with Crippen molar-refractivity contribution in [1.29, 1.82) is 0 Å². The molecule has 7 nitrogen and oxygen atoms in total. The van der Waals surface area contributed by atoms with E-state index in [0.29, 0.717) is 25.3 Å². The first-order valence-corrected chi connectivity index (χ1v) is 8.35. The Morgan fingerprint density at radius 3 is 3.00 bits per heavy atom. The van der Waals surface area contributed by atoms with Crippen LogP contribution in [0.3, 0.4) is 0 Å². The van der Waals surface area contributed by atoms with E-state index >= 15 is 0 Å². The van der Waals surface area contributed by atoms with Gasteiger partial charge in [-0.15, -0.1) is 0 Å². The Hall–Kier alpha value is -2.48. The summed E-state index contributed by atoms with van der Waals surface area (Å²) in [5.74, 6) is 0.911. The maximum atomic E-state index is 13.0. The van der Waals surface area contributed by atoms with Crippen LogP contribution in [0.5, 0.6) is 0 Å². The smallest absolute Gasteiger partial charge is 0.240 e. The monoisotopic (exact) mass is 347 g/mol. The van der Waals surface area contributed by atoms with Crippen molar-refractivity contribution in [2.75, 3.05) is 24.5 Å². The van der Waals surface area contributed by atoms with E-state index < -0.39 is 11.4 Å². The quantitative estimate of drug-likeness (QED) is 0.805. The first-order valence-electron chi connectivity index (χ1n) is 8.35. The molecule has 8 heteroatoms. The summed E-state index contributed by atoms with van der Waals surface area (Å²) in [5, 5.41) is 13.5. The maximum Gasteiger partial charge on any atom is 0.240 e. The second kappa shape index (κ2) is 7.18. The summed E-state index contributed by atoms with van der Waals surface area (Å²) in [6.45, 7) is 3.28. The Balaban J connectivity index is 1.52. The third kappa shape index (κ3) is 4.14. The standard InChI is InChI=1S/C17H22FN5O2/c1-2-14-19-6-8-22(14)10-16(24)21-11-17(25)5-7-23(12-17)15-4-3-13(18)9-20-15/h3-4,6,8-9,25H,2,5,7,10-12H2,1H3,(H,21,24)/t17-/m0/s1. The topological polar surface area (TPSA) is 83.3 Å². The Morgan fingerprint density at radius 2 is 2.28 bits per heavy atom. The summed E-state index contributed by atoms with van der Waals surface area (Å²) < 4.78 is 14.8. The van der Waals surface area contributed by atoms with Crippen molar-refractivity contribution in [1.82, 2.24) is 19.9 Å². The number of β-amino-alcohol motifs (C(OH)–C–C–N with tert-alkyl or cyclic N) is 1. The van der Waals surface area contributed by atoms with E-state index in [-0.39, 0.29) is 19.0 Å². The number of nitrogens with one attached hydrogen (secondary N) is 1. The van der Waals surface area contributed by atoms with Crippen LogP contribution in [0.4, 0.5) is 10.2 Å². The van der Waals surface area contributed by atoms with Gasteiger partial charge < -0.3 is 19.9 Å². The van der Waals surface area contributed by atoms with Gasteiger partial charge in [0.1, 0.15) is 29.6 Å². The van der Waals surface area contributed by atoms with Crippen molar-refractivity contribution in [3.05, 3.63) is 42.4 Å². The predicted molar refractivity (Wildman–Crippen MR) is 90.6 cm³/mol. The molecule has 2 N–H and O–H groups in total. The number of pyridine rings is 1. The number of amides is 1. The SMILES string of the molecule is CCc1nccn1CC(=O)NC[C@@]1(O)CCN(c2ccc(F)cn2)C1. The fourth-order valence-electron chi connectivity index (χ4n) is 3.02. The van der Waals surface area contributed by atoms with Gasteiger partial charge in [-0.2, -0.15) is 0 Å². The van der Waals surface area contributed by atoms with Crippen molar-refractivity contribution in [3.63, 3.8) is 0 Å². The number of anilines is 1. The second-order valence-electron chi connectivity index (χ2n) is 6.33. The lowest BCUT2D eigenvalue weighted by atomic mass is 10.0. The molecule has 1 saturated heterocycles. The highest BCUT2D eigenvalue weighted by molar-refractivity contribution is 5.75. The van der Waals surface area contributed by atoms with Crippen LogP contribution in [-0.4, -0.2) is 50.8 Å². The molecule has 1 amide bonds. The number of nitrogens with zero attached hydrogens (tertiary/aromatic N) is 4. The minimum atomic E-state index is -1.02. The van der Waals surface area contributed by atoms with E-state index in [1.54, 1.807) is 23.0 Å². The molecule has 1 atom stereocenters. The number of rotatable bonds is 6. The molecule has 0 saturated carbocycles. The van der Waals surface area contributed by atoms with Crippen molar-refractivity contribution in [3.8, 4) is 0 Å². The highest BCUT2D eigenvalue weighted by atomic mass is 19.1. The molecule has 0 bridgehead atoms. The van der Waals surface area contributed by atoms with Gasteiger partial charge in [0.05, 0.1) is 6.20 Å². The lowest BCUT2D eigenvalue weighted by Gasteiger charge is -2.24. The van der Waals surface area contributed by atoms with Crippen LogP contribution in [0.15, 0.2) is 30.7 Å². The van der Waals surface area contributed by atoms with Gasteiger partial charge in [-0.1, -0.05) is 6.92 Å².